The molecule has 0 fully saturated rings. The highest BCUT2D eigenvalue weighted by molar-refractivity contribution is 7.98. The number of carboxylic acid groups (broad SMARTS) is 1. The fourth-order valence-electron chi connectivity index (χ4n) is 5.02. The third-order valence-corrected chi connectivity index (χ3v) is 8.85. The van der Waals surface area contributed by atoms with E-state index in [1.807, 2.05) is 94.1 Å². The second-order valence-electron chi connectivity index (χ2n) is 11.8. The quantitative estimate of drug-likeness (QED) is 0.181. The molecule has 3 aromatic carbocycles. The molecule has 1 aromatic heterocycles. The summed E-state index contributed by atoms with van der Waals surface area (Å²) in [5, 5.41) is 23.9. The van der Waals surface area contributed by atoms with Gasteiger partial charge in [-0.3, -0.25) is 0 Å². The van der Waals surface area contributed by atoms with Gasteiger partial charge in [0.15, 0.2) is 0 Å². The predicted molar refractivity (Wildman–Crippen MR) is 170 cm³/mol. The summed E-state index contributed by atoms with van der Waals surface area (Å²) < 4.78 is 0. The number of rotatable bonds is 12. The molecule has 0 spiro atoms. The summed E-state index contributed by atoms with van der Waals surface area (Å²) in [5.74, 6) is -0.287. The molecule has 214 valence electrons. The number of pyridine rings is 1. The zero-order valence-corrected chi connectivity index (χ0v) is 25.6. The first-order valence-electron chi connectivity index (χ1n) is 13.9. The zero-order chi connectivity index (χ0) is 29.6. The molecule has 0 unspecified atom stereocenters. The Balaban J connectivity index is 1.58. The number of nitrogens with zero attached hydrogens (tertiary/aromatic N) is 1. The van der Waals surface area contributed by atoms with E-state index in [1.54, 1.807) is 0 Å². The van der Waals surface area contributed by atoms with Crippen molar-refractivity contribution in [2.75, 3.05) is 0 Å². The van der Waals surface area contributed by atoms with Gasteiger partial charge in [0, 0.05) is 27.4 Å². The minimum absolute atomic E-state index is 0.0265. The van der Waals surface area contributed by atoms with E-state index in [1.165, 1.54) is 5.56 Å². The number of halogens is 1. The lowest BCUT2D eigenvalue weighted by Gasteiger charge is -2.28. The van der Waals surface area contributed by atoms with Gasteiger partial charge < -0.3 is 15.0 Å². The van der Waals surface area contributed by atoms with E-state index >= 15 is 0 Å². The zero-order valence-electron chi connectivity index (χ0n) is 24.1. The number of hydrogen-bond acceptors (Lipinski definition) is 5. The van der Waals surface area contributed by atoms with Crippen molar-refractivity contribution in [2.24, 2.45) is 5.41 Å². The highest BCUT2D eigenvalue weighted by Gasteiger charge is 2.24. The summed E-state index contributed by atoms with van der Waals surface area (Å²) in [6.07, 6.45) is 5.65. The number of carbonyl (C=O) groups is 1. The van der Waals surface area contributed by atoms with Gasteiger partial charge in [0.25, 0.3) is 0 Å². The number of benzene rings is 3. The molecular weight excluding hydrogens is 550 g/mol. The molecule has 0 bridgehead atoms. The second-order valence-corrected chi connectivity index (χ2v) is 13.5. The molecule has 1 N–H and O–H groups in total. The van der Waals surface area contributed by atoms with Gasteiger partial charge in [0.2, 0.25) is 0 Å². The van der Waals surface area contributed by atoms with E-state index in [4.69, 9.17) is 16.6 Å². The highest BCUT2D eigenvalue weighted by atomic mass is 35.5. The summed E-state index contributed by atoms with van der Waals surface area (Å²) in [4.78, 5) is 16.1. The maximum atomic E-state index is 11.3. The molecule has 0 amide bonds. The molecule has 4 aromatic rings. The van der Waals surface area contributed by atoms with Crippen LogP contribution >= 0.6 is 23.4 Å². The van der Waals surface area contributed by atoms with Crippen LogP contribution in [0.3, 0.4) is 0 Å². The SMILES string of the molecule is CC(C)(CC[C@H](SCc1ccccc1C(C)(C)O)c1cccc(/C=C/c2ccc3ccc(Cl)cc3n2)c1)CC(=O)[O-]. The van der Waals surface area contributed by atoms with Crippen LogP contribution in [0.25, 0.3) is 23.1 Å². The Morgan fingerprint density at radius 1 is 1.00 bits per heavy atom. The van der Waals surface area contributed by atoms with E-state index in [-0.39, 0.29) is 17.1 Å². The van der Waals surface area contributed by atoms with E-state index in [2.05, 4.69) is 36.4 Å². The van der Waals surface area contributed by atoms with Gasteiger partial charge in [-0.05, 0) is 85.1 Å². The minimum atomic E-state index is -1.02. The molecule has 0 aliphatic heterocycles. The van der Waals surface area contributed by atoms with Gasteiger partial charge in [0.05, 0.1) is 16.8 Å². The van der Waals surface area contributed by atoms with Crippen molar-refractivity contribution in [1.82, 2.24) is 4.98 Å². The molecule has 1 atom stereocenters. The molecule has 4 rings (SSSR count). The Labute approximate surface area is 252 Å². The Hall–Kier alpha value is -3.12. The number of aromatic nitrogens is 1. The number of fused-ring (bicyclic) bond motifs is 1. The van der Waals surface area contributed by atoms with Crippen LogP contribution in [-0.2, 0) is 16.1 Å². The molecule has 4 nitrogen and oxygen atoms in total. The first kappa shape index (κ1) is 30.8. The van der Waals surface area contributed by atoms with Crippen molar-refractivity contribution in [1.29, 1.82) is 0 Å². The Morgan fingerprint density at radius 2 is 1.76 bits per heavy atom. The van der Waals surface area contributed by atoms with Gasteiger partial charge in [-0.25, -0.2) is 4.98 Å². The van der Waals surface area contributed by atoms with Crippen molar-refractivity contribution in [3.05, 3.63) is 112 Å². The van der Waals surface area contributed by atoms with Gasteiger partial charge >= 0.3 is 0 Å². The van der Waals surface area contributed by atoms with Crippen LogP contribution in [0.15, 0.2) is 78.9 Å². The number of carboxylic acids is 1. The summed E-state index contributed by atoms with van der Waals surface area (Å²) >= 11 is 7.98. The number of aliphatic carboxylic acids is 1. The van der Waals surface area contributed by atoms with Crippen LogP contribution in [0.4, 0.5) is 0 Å². The van der Waals surface area contributed by atoms with Crippen LogP contribution in [0, 0.1) is 5.41 Å². The van der Waals surface area contributed by atoms with Gasteiger partial charge in [0.1, 0.15) is 0 Å². The third-order valence-electron chi connectivity index (χ3n) is 7.23. The fraction of sp³-hybridized carbons (Fsp3) is 0.314. The van der Waals surface area contributed by atoms with Crippen molar-refractivity contribution in [2.45, 2.75) is 63.6 Å². The standard InChI is InChI=1S/C35H38ClNO3S/c1-34(2,22-33(38)39)19-18-32(41-23-27-9-5-6-11-30(27)35(3,4)40)26-10-7-8-24(20-26)12-16-29-17-14-25-13-15-28(36)21-31(25)37-29/h5-17,20-21,32,40H,18-19,22-23H2,1-4H3,(H,38,39)/p-1/b16-12+/t32-/m0/s1. The Bertz CT molecular complexity index is 1540. The summed E-state index contributed by atoms with van der Waals surface area (Å²) in [7, 11) is 0. The maximum Gasteiger partial charge on any atom is 0.0843 e. The maximum absolute atomic E-state index is 11.3. The largest absolute Gasteiger partial charge is 0.550 e. The van der Waals surface area contributed by atoms with Gasteiger partial charge in [-0.2, -0.15) is 0 Å². The molecule has 0 saturated heterocycles. The Morgan fingerprint density at radius 3 is 2.51 bits per heavy atom. The number of thioether (sulfide) groups is 1. The molecule has 6 heteroatoms. The first-order valence-corrected chi connectivity index (χ1v) is 15.3. The minimum Gasteiger partial charge on any atom is -0.550 e. The summed E-state index contributed by atoms with van der Waals surface area (Å²) in [6.45, 7) is 7.59. The van der Waals surface area contributed by atoms with Crippen molar-refractivity contribution in [3.8, 4) is 0 Å². The number of hydrogen-bond donors (Lipinski definition) is 1. The average molecular weight is 587 g/mol. The lowest BCUT2D eigenvalue weighted by molar-refractivity contribution is -0.308. The van der Waals surface area contributed by atoms with E-state index in [0.717, 1.165) is 51.9 Å². The van der Waals surface area contributed by atoms with Crippen LogP contribution < -0.4 is 5.11 Å². The fourth-order valence-corrected chi connectivity index (χ4v) is 6.45. The van der Waals surface area contributed by atoms with Gasteiger partial charge in [-0.15, -0.1) is 11.8 Å². The topological polar surface area (TPSA) is 73.2 Å². The molecule has 0 aliphatic rings. The van der Waals surface area contributed by atoms with Crippen molar-refractivity contribution >= 4 is 52.4 Å². The normalized spacial score (nSPS) is 13.1. The van der Waals surface area contributed by atoms with Crippen LogP contribution in [0.5, 0.6) is 0 Å². The van der Waals surface area contributed by atoms with Crippen LogP contribution in [0.2, 0.25) is 5.02 Å². The molecular formula is C35H37ClNO3S-. The summed E-state index contributed by atoms with van der Waals surface area (Å²) in [6, 6.07) is 26.2. The number of aliphatic hydroxyl groups is 1. The van der Waals surface area contributed by atoms with E-state index in [9.17, 15) is 15.0 Å². The smallest absolute Gasteiger partial charge is 0.0843 e. The van der Waals surface area contributed by atoms with E-state index in [0.29, 0.717) is 5.02 Å². The molecule has 0 saturated carbocycles. The third kappa shape index (κ3) is 8.93. The molecule has 0 aliphatic carbocycles. The summed E-state index contributed by atoms with van der Waals surface area (Å²) in [5.41, 5.74) is 4.67. The first-order chi connectivity index (χ1) is 19.4. The lowest BCUT2D eigenvalue weighted by atomic mass is 9.83. The van der Waals surface area contributed by atoms with Crippen molar-refractivity contribution in [3.63, 3.8) is 0 Å². The van der Waals surface area contributed by atoms with Crippen LogP contribution in [0.1, 0.15) is 80.2 Å². The molecule has 0 radical (unpaired) electrons. The Kier molecular flexibility index (Phi) is 9.96. The highest BCUT2D eigenvalue weighted by Crippen LogP contribution is 2.41. The monoisotopic (exact) mass is 586 g/mol. The van der Waals surface area contributed by atoms with Gasteiger partial charge in [-0.1, -0.05) is 92.2 Å². The lowest BCUT2D eigenvalue weighted by Crippen LogP contribution is -2.29. The van der Waals surface area contributed by atoms with Crippen LogP contribution in [-0.4, -0.2) is 16.1 Å². The van der Waals surface area contributed by atoms with E-state index < -0.39 is 11.6 Å². The second kappa shape index (κ2) is 13.2. The molecule has 41 heavy (non-hydrogen) atoms. The van der Waals surface area contributed by atoms with Crippen molar-refractivity contribution < 1.29 is 15.0 Å². The predicted octanol–water partition coefficient (Wildman–Crippen LogP) is 8.21. The number of carbonyl (C=O) groups excluding carboxylic acids is 1. The average Bonchev–Trinajstić information content (AvgIpc) is 2.90. The molecule has 1 heterocycles.